The van der Waals surface area contributed by atoms with E-state index in [4.69, 9.17) is 9.47 Å². The van der Waals surface area contributed by atoms with E-state index >= 15 is 0 Å². The van der Waals surface area contributed by atoms with Crippen LogP contribution in [0.5, 0.6) is 0 Å². The van der Waals surface area contributed by atoms with Crippen molar-refractivity contribution in [2.24, 2.45) is 0 Å². The van der Waals surface area contributed by atoms with Crippen LogP contribution in [0.2, 0.25) is 0 Å². The van der Waals surface area contributed by atoms with E-state index in [0.717, 1.165) is 25.9 Å². The van der Waals surface area contributed by atoms with E-state index in [9.17, 15) is 4.79 Å². The van der Waals surface area contributed by atoms with E-state index in [0.29, 0.717) is 6.10 Å². The standard InChI is InChI=1S/C12H21NO3/c1-11(2,3)16-10(14)13-12(5-4-6-12)7-9-8-15-9/h9H,4-8H2,1-3H3,(H,13,14). The Morgan fingerprint density at radius 1 is 1.50 bits per heavy atom. The second-order valence-electron chi connectivity index (χ2n) is 5.92. The van der Waals surface area contributed by atoms with E-state index in [2.05, 4.69) is 5.32 Å². The lowest BCUT2D eigenvalue weighted by atomic mass is 9.74. The number of nitrogens with one attached hydrogen (secondary N) is 1. The second kappa shape index (κ2) is 3.91. The molecule has 1 saturated carbocycles. The fourth-order valence-corrected chi connectivity index (χ4v) is 2.13. The van der Waals surface area contributed by atoms with Crippen LogP contribution in [0, 0.1) is 0 Å². The van der Waals surface area contributed by atoms with Crippen molar-refractivity contribution in [2.45, 2.75) is 63.7 Å². The molecular formula is C12H21NO3. The van der Waals surface area contributed by atoms with Gasteiger partial charge >= 0.3 is 6.09 Å². The number of ether oxygens (including phenoxy) is 2. The molecule has 4 heteroatoms. The average molecular weight is 227 g/mol. The van der Waals surface area contributed by atoms with Crippen molar-refractivity contribution in [3.8, 4) is 0 Å². The molecule has 1 atom stereocenters. The number of carbonyl (C=O) groups excluding carboxylic acids is 1. The van der Waals surface area contributed by atoms with Gasteiger partial charge in [-0.3, -0.25) is 0 Å². The van der Waals surface area contributed by atoms with E-state index in [1.165, 1.54) is 6.42 Å². The molecule has 2 rings (SSSR count). The summed E-state index contributed by atoms with van der Waals surface area (Å²) in [7, 11) is 0. The van der Waals surface area contributed by atoms with Gasteiger partial charge in [-0.1, -0.05) is 0 Å². The Balaban J connectivity index is 1.83. The van der Waals surface area contributed by atoms with E-state index in [1.54, 1.807) is 0 Å². The van der Waals surface area contributed by atoms with Crippen LogP contribution in [-0.4, -0.2) is 29.9 Å². The summed E-state index contributed by atoms with van der Waals surface area (Å²) < 4.78 is 10.5. The van der Waals surface area contributed by atoms with Gasteiger partial charge in [-0.05, 0) is 46.5 Å². The van der Waals surface area contributed by atoms with Crippen LogP contribution in [0.1, 0.15) is 46.5 Å². The number of hydrogen-bond donors (Lipinski definition) is 1. The van der Waals surface area contributed by atoms with Crippen molar-refractivity contribution in [3.05, 3.63) is 0 Å². The van der Waals surface area contributed by atoms with Gasteiger partial charge in [0.2, 0.25) is 0 Å². The predicted octanol–water partition coefficient (Wildman–Crippen LogP) is 2.22. The van der Waals surface area contributed by atoms with Gasteiger partial charge < -0.3 is 14.8 Å². The lowest BCUT2D eigenvalue weighted by Crippen LogP contribution is -2.55. The smallest absolute Gasteiger partial charge is 0.408 e. The summed E-state index contributed by atoms with van der Waals surface area (Å²) in [6, 6.07) is 0. The third kappa shape index (κ3) is 3.11. The van der Waals surface area contributed by atoms with Gasteiger partial charge in [0.15, 0.2) is 0 Å². The summed E-state index contributed by atoms with van der Waals surface area (Å²) in [6.07, 6.45) is 4.27. The summed E-state index contributed by atoms with van der Waals surface area (Å²) in [5.74, 6) is 0. The highest BCUT2D eigenvalue weighted by atomic mass is 16.6. The minimum absolute atomic E-state index is 0.0521. The molecule has 2 aliphatic rings. The zero-order chi connectivity index (χ0) is 11.8. The molecule has 16 heavy (non-hydrogen) atoms. The Kier molecular flexibility index (Phi) is 2.86. The van der Waals surface area contributed by atoms with Gasteiger partial charge in [-0.2, -0.15) is 0 Å². The molecule has 0 aromatic rings. The Labute approximate surface area is 96.7 Å². The summed E-state index contributed by atoms with van der Waals surface area (Å²) >= 11 is 0. The summed E-state index contributed by atoms with van der Waals surface area (Å²) in [5.41, 5.74) is -0.478. The lowest BCUT2D eigenvalue weighted by molar-refractivity contribution is 0.0360. The third-order valence-electron chi connectivity index (χ3n) is 3.10. The monoisotopic (exact) mass is 227 g/mol. The molecule has 0 aromatic carbocycles. The van der Waals surface area contributed by atoms with Gasteiger partial charge in [-0.15, -0.1) is 0 Å². The SMILES string of the molecule is CC(C)(C)OC(=O)NC1(CC2CO2)CCC1. The minimum atomic E-state index is -0.425. The lowest BCUT2D eigenvalue weighted by Gasteiger charge is -2.42. The molecule has 1 aliphatic carbocycles. The highest BCUT2D eigenvalue weighted by Crippen LogP contribution is 2.38. The van der Waals surface area contributed by atoms with E-state index < -0.39 is 5.60 Å². The van der Waals surface area contributed by atoms with Crippen molar-refractivity contribution < 1.29 is 14.3 Å². The van der Waals surface area contributed by atoms with Crippen molar-refractivity contribution in [2.75, 3.05) is 6.61 Å². The second-order valence-corrected chi connectivity index (χ2v) is 5.92. The summed E-state index contributed by atoms with van der Waals surface area (Å²) in [4.78, 5) is 11.7. The highest BCUT2D eigenvalue weighted by Gasteiger charge is 2.44. The molecule has 0 spiro atoms. The average Bonchev–Trinajstić information content (AvgIpc) is 2.80. The van der Waals surface area contributed by atoms with Gasteiger partial charge in [0.25, 0.3) is 0 Å². The molecule has 1 saturated heterocycles. The first-order valence-electron chi connectivity index (χ1n) is 6.01. The topological polar surface area (TPSA) is 50.9 Å². The summed E-state index contributed by atoms with van der Waals surface area (Å²) in [5, 5.41) is 3.02. The van der Waals surface area contributed by atoms with Crippen LogP contribution in [-0.2, 0) is 9.47 Å². The molecule has 0 aromatic heterocycles. The van der Waals surface area contributed by atoms with E-state index in [-0.39, 0.29) is 11.6 Å². The van der Waals surface area contributed by atoms with Crippen LogP contribution in [0.15, 0.2) is 0 Å². The highest BCUT2D eigenvalue weighted by molar-refractivity contribution is 5.69. The van der Waals surface area contributed by atoms with Crippen LogP contribution in [0.3, 0.4) is 0 Å². The Morgan fingerprint density at radius 3 is 2.50 bits per heavy atom. The van der Waals surface area contributed by atoms with Gasteiger partial charge in [0, 0.05) is 5.54 Å². The molecule has 92 valence electrons. The van der Waals surface area contributed by atoms with Gasteiger partial charge in [0.1, 0.15) is 5.60 Å². The first-order chi connectivity index (χ1) is 7.39. The third-order valence-corrected chi connectivity index (χ3v) is 3.10. The normalized spacial score (nSPS) is 26.8. The van der Waals surface area contributed by atoms with Crippen LogP contribution in [0.4, 0.5) is 4.79 Å². The fraction of sp³-hybridized carbons (Fsp3) is 0.917. The molecule has 2 fully saturated rings. The number of alkyl carbamates (subject to hydrolysis) is 1. The molecule has 0 bridgehead atoms. The number of rotatable bonds is 3. The molecule has 0 radical (unpaired) electrons. The van der Waals surface area contributed by atoms with E-state index in [1.807, 2.05) is 20.8 Å². The molecule has 4 nitrogen and oxygen atoms in total. The zero-order valence-electron chi connectivity index (χ0n) is 10.3. The molecule has 1 N–H and O–H groups in total. The van der Waals surface area contributed by atoms with Crippen LogP contribution < -0.4 is 5.32 Å². The largest absolute Gasteiger partial charge is 0.444 e. The number of carbonyl (C=O) groups is 1. The Bertz CT molecular complexity index is 274. The number of hydrogen-bond acceptors (Lipinski definition) is 3. The molecule has 1 heterocycles. The maximum atomic E-state index is 11.7. The maximum absolute atomic E-state index is 11.7. The first-order valence-corrected chi connectivity index (χ1v) is 6.01. The van der Waals surface area contributed by atoms with Crippen molar-refractivity contribution in [1.82, 2.24) is 5.32 Å². The Morgan fingerprint density at radius 2 is 2.12 bits per heavy atom. The molecular weight excluding hydrogens is 206 g/mol. The van der Waals surface area contributed by atoms with Crippen LogP contribution >= 0.6 is 0 Å². The van der Waals surface area contributed by atoms with Crippen molar-refractivity contribution in [3.63, 3.8) is 0 Å². The number of epoxide rings is 1. The minimum Gasteiger partial charge on any atom is -0.444 e. The molecule has 1 aliphatic heterocycles. The quantitative estimate of drug-likeness (QED) is 0.752. The zero-order valence-corrected chi connectivity index (χ0v) is 10.3. The van der Waals surface area contributed by atoms with Crippen LogP contribution in [0.25, 0.3) is 0 Å². The van der Waals surface area contributed by atoms with Crippen molar-refractivity contribution in [1.29, 1.82) is 0 Å². The summed E-state index contributed by atoms with van der Waals surface area (Å²) in [6.45, 7) is 6.48. The van der Waals surface area contributed by atoms with Crippen molar-refractivity contribution >= 4 is 6.09 Å². The fourth-order valence-electron chi connectivity index (χ4n) is 2.13. The molecule has 1 amide bonds. The number of amides is 1. The first kappa shape index (κ1) is 11.7. The Hall–Kier alpha value is -0.770. The predicted molar refractivity (Wildman–Crippen MR) is 60.3 cm³/mol. The van der Waals surface area contributed by atoms with Gasteiger partial charge in [0.05, 0.1) is 12.7 Å². The molecule has 1 unspecified atom stereocenters. The van der Waals surface area contributed by atoms with Gasteiger partial charge in [-0.25, -0.2) is 4.79 Å². The maximum Gasteiger partial charge on any atom is 0.408 e.